The van der Waals surface area contributed by atoms with Crippen molar-refractivity contribution in [2.24, 2.45) is 5.41 Å². The van der Waals surface area contributed by atoms with Gasteiger partial charge in [0.05, 0.1) is 13.2 Å². The minimum atomic E-state index is -0.461. The van der Waals surface area contributed by atoms with Gasteiger partial charge in [0.25, 0.3) is 5.91 Å². The molecule has 4 fully saturated rings. The number of carbonyl (C=O) groups excluding carboxylic acids is 2. The summed E-state index contributed by atoms with van der Waals surface area (Å²) in [4.78, 5) is 32.2. The second-order valence-corrected chi connectivity index (χ2v) is 12.7. The van der Waals surface area contributed by atoms with E-state index in [9.17, 15) is 9.59 Å². The number of amides is 2. The van der Waals surface area contributed by atoms with Crippen LogP contribution in [0.3, 0.4) is 0 Å². The summed E-state index contributed by atoms with van der Waals surface area (Å²) in [5.74, 6) is 0.544. The van der Waals surface area contributed by atoms with Crippen LogP contribution in [0.25, 0.3) is 0 Å². The third kappa shape index (κ3) is 6.06. The van der Waals surface area contributed by atoms with Crippen LogP contribution in [-0.4, -0.2) is 97.9 Å². The summed E-state index contributed by atoms with van der Waals surface area (Å²) in [6, 6.07) is 6.77. The number of carbonyl (C=O) groups is 2. The second-order valence-electron chi connectivity index (χ2n) is 12.7. The van der Waals surface area contributed by atoms with E-state index in [1.165, 1.54) is 5.56 Å². The van der Waals surface area contributed by atoms with E-state index in [1.54, 1.807) is 0 Å². The third-order valence-electron chi connectivity index (χ3n) is 8.56. The van der Waals surface area contributed by atoms with Gasteiger partial charge in [0, 0.05) is 43.5 Å². The predicted octanol–water partition coefficient (Wildman–Crippen LogP) is 4.17. The number of nitrogens with zero attached hydrogens (tertiary/aromatic N) is 3. The highest BCUT2D eigenvalue weighted by molar-refractivity contribution is 5.96. The van der Waals surface area contributed by atoms with E-state index in [1.807, 2.05) is 36.6 Å². The summed E-state index contributed by atoms with van der Waals surface area (Å²) in [6.07, 6.45) is 5.13. The smallest absolute Gasteiger partial charge is 0.410 e. The first-order chi connectivity index (χ1) is 17.6. The maximum absolute atomic E-state index is 13.5. The Labute approximate surface area is 221 Å². The summed E-state index contributed by atoms with van der Waals surface area (Å²) in [5.41, 5.74) is 2.90. The average Bonchev–Trinajstić information content (AvgIpc) is 3.29. The highest BCUT2D eigenvalue weighted by atomic mass is 16.6. The van der Waals surface area contributed by atoms with Crippen molar-refractivity contribution in [3.8, 4) is 0 Å². The van der Waals surface area contributed by atoms with Crippen LogP contribution >= 0.6 is 0 Å². The fourth-order valence-corrected chi connectivity index (χ4v) is 6.52. The minimum absolute atomic E-state index is 0.138. The molecule has 0 aromatic heterocycles. The Kier molecular flexibility index (Phi) is 7.42. The maximum Gasteiger partial charge on any atom is 0.410 e. The fourth-order valence-electron chi connectivity index (χ4n) is 6.52. The molecule has 1 aromatic carbocycles. The standard InChI is InChI=1S/C29H44N4O4/c1-28(2,3)37-27(35)33-12-9-29(20-33)18-23(19-29)30-22-5-6-24(26(34)32-13-15-36-16-14-32)25(17-22)21-7-10-31(4)11-8-21/h5-6,17,21,23,30H,7-16,18-20H2,1-4H3. The Morgan fingerprint density at radius 1 is 1.03 bits per heavy atom. The van der Waals surface area contributed by atoms with Crippen molar-refractivity contribution in [2.45, 2.75) is 70.4 Å². The first kappa shape index (κ1) is 26.3. The van der Waals surface area contributed by atoms with Crippen molar-refractivity contribution < 1.29 is 19.1 Å². The van der Waals surface area contributed by atoms with E-state index in [2.05, 4.69) is 29.4 Å². The number of nitrogens with one attached hydrogen (secondary N) is 1. The zero-order valence-electron chi connectivity index (χ0n) is 23.1. The molecule has 1 N–H and O–H groups in total. The lowest BCUT2D eigenvalue weighted by Crippen LogP contribution is -2.47. The molecule has 1 saturated carbocycles. The number of piperidine rings is 1. The molecular weight excluding hydrogens is 468 g/mol. The molecular formula is C29H44N4O4. The third-order valence-corrected chi connectivity index (χ3v) is 8.56. The van der Waals surface area contributed by atoms with Gasteiger partial charge in [-0.25, -0.2) is 4.79 Å². The molecule has 1 spiro atoms. The number of anilines is 1. The molecule has 3 aliphatic heterocycles. The number of morpholine rings is 1. The number of ether oxygens (including phenoxy) is 2. The number of hydrogen-bond donors (Lipinski definition) is 1. The topological polar surface area (TPSA) is 74.4 Å². The molecule has 3 heterocycles. The molecule has 2 amide bonds. The molecule has 0 bridgehead atoms. The number of benzene rings is 1. The summed E-state index contributed by atoms with van der Waals surface area (Å²) >= 11 is 0. The van der Waals surface area contributed by atoms with Crippen LogP contribution in [0, 0.1) is 5.41 Å². The van der Waals surface area contributed by atoms with Crippen molar-refractivity contribution >= 4 is 17.7 Å². The molecule has 0 unspecified atom stereocenters. The van der Waals surface area contributed by atoms with Gasteiger partial charge in [0.2, 0.25) is 0 Å². The molecule has 1 aromatic rings. The fraction of sp³-hybridized carbons (Fsp3) is 0.724. The van der Waals surface area contributed by atoms with Gasteiger partial charge in [-0.15, -0.1) is 0 Å². The zero-order valence-corrected chi connectivity index (χ0v) is 23.1. The Morgan fingerprint density at radius 2 is 1.73 bits per heavy atom. The maximum atomic E-state index is 13.5. The average molecular weight is 513 g/mol. The number of likely N-dealkylation sites (tertiary alicyclic amines) is 2. The van der Waals surface area contributed by atoms with Crippen molar-refractivity contribution in [3.63, 3.8) is 0 Å². The summed E-state index contributed by atoms with van der Waals surface area (Å²) < 4.78 is 11.1. The molecule has 204 valence electrons. The Balaban J connectivity index is 1.24. The monoisotopic (exact) mass is 512 g/mol. The Morgan fingerprint density at radius 3 is 2.41 bits per heavy atom. The molecule has 8 nitrogen and oxygen atoms in total. The van der Waals surface area contributed by atoms with Crippen molar-refractivity contribution in [1.82, 2.24) is 14.7 Å². The Hall–Kier alpha value is -2.32. The van der Waals surface area contributed by atoms with Crippen LogP contribution in [0.5, 0.6) is 0 Å². The quantitative estimate of drug-likeness (QED) is 0.653. The molecule has 5 rings (SSSR count). The minimum Gasteiger partial charge on any atom is -0.444 e. The van der Waals surface area contributed by atoms with E-state index in [0.717, 1.165) is 69.5 Å². The summed E-state index contributed by atoms with van der Waals surface area (Å²) in [7, 11) is 2.17. The van der Waals surface area contributed by atoms with Crippen LogP contribution in [0.15, 0.2) is 18.2 Å². The van der Waals surface area contributed by atoms with Gasteiger partial charge in [0.1, 0.15) is 5.60 Å². The van der Waals surface area contributed by atoms with E-state index >= 15 is 0 Å². The molecule has 8 heteroatoms. The Bertz CT molecular complexity index is 986. The van der Waals surface area contributed by atoms with Gasteiger partial charge in [0.15, 0.2) is 0 Å². The van der Waals surface area contributed by atoms with Crippen LogP contribution in [0.1, 0.15) is 74.7 Å². The van der Waals surface area contributed by atoms with Crippen LogP contribution < -0.4 is 5.32 Å². The van der Waals surface area contributed by atoms with Gasteiger partial charge >= 0.3 is 6.09 Å². The molecule has 0 radical (unpaired) electrons. The van der Waals surface area contributed by atoms with Gasteiger partial charge in [-0.2, -0.15) is 0 Å². The van der Waals surface area contributed by atoms with Crippen LogP contribution in [0.2, 0.25) is 0 Å². The van der Waals surface area contributed by atoms with Crippen LogP contribution in [0.4, 0.5) is 10.5 Å². The lowest BCUT2D eigenvalue weighted by Gasteiger charge is -2.46. The zero-order chi connectivity index (χ0) is 26.2. The first-order valence-electron chi connectivity index (χ1n) is 14.0. The van der Waals surface area contributed by atoms with Crippen molar-refractivity contribution in [2.75, 3.05) is 64.8 Å². The summed E-state index contributed by atoms with van der Waals surface area (Å²) in [6.45, 7) is 12.0. The number of hydrogen-bond acceptors (Lipinski definition) is 6. The SMILES string of the molecule is CN1CCC(c2cc(NC3CC4(CCN(C(=O)OC(C)(C)C)C4)C3)ccc2C(=O)N2CCOCC2)CC1. The number of rotatable bonds is 4. The molecule has 1 aliphatic carbocycles. The molecule has 4 aliphatic rings. The highest BCUT2D eigenvalue weighted by Crippen LogP contribution is 2.49. The molecule has 3 saturated heterocycles. The lowest BCUT2D eigenvalue weighted by molar-refractivity contribution is 0.0237. The first-order valence-corrected chi connectivity index (χ1v) is 14.0. The lowest BCUT2D eigenvalue weighted by atomic mass is 9.65. The van der Waals surface area contributed by atoms with Gasteiger partial charge in [-0.3, -0.25) is 4.79 Å². The molecule has 37 heavy (non-hydrogen) atoms. The largest absolute Gasteiger partial charge is 0.444 e. The van der Waals surface area contributed by atoms with Gasteiger partial charge < -0.3 is 29.5 Å². The van der Waals surface area contributed by atoms with E-state index < -0.39 is 5.60 Å². The van der Waals surface area contributed by atoms with Gasteiger partial charge in [-0.1, -0.05) is 0 Å². The highest BCUT2D eigenvalue weighted by Gasteiger charge is 2.50. The normalized spacial score (nSPS) is 27.3. The van der Waals surface area contributed by atoms with E-state index in [4.69, 9.17) is 9.47 Å². The van der Waals surface area contributed by atoms with Crippen molar-refractivity contribution in [1.29, 1.82) is 0 Å². The van der Waals surface area contributed by atoms with Crippen LogP contribution in [-0.2, 0) is 9.47 Å². The summed E-state index contributed by atoms with van der Waals surface area (Å²) in [5, 5.41) is 3.76. The second kappa shape index (κ2) is 10.4. The predicted molar refractivity (Wildman–Crippen MR) is 144 cm³/mol. The van der Waals surface area contributed by atoms with E-state index in [-0.39, 0.29) is 17.4 Å². The van der Waals surface area contributed by atoms with Crippen molar-refractivity contribution in [3.05, 3.63) is 29.3 Å². The molecule has 0 atom stereocenters. The van der Waals surface area contributed by atoms with Gasteiger partial charge in [-0.05, 0) is 108 Å². The van der Waals surface area contributed by atoms with E-state index in [0.29, 0.717) is 38.3 Å².